The zero-order chi connectivity index (χ0) is 28.8. The molecule has 0 aliphatic heterocycles. The molecule has 4 heterocycles. The van der Waals surface area contributed by atoms with Crippen LogP contribution in [-0.2, 0) is 0 Å². The van der Waals surface area contributed by atoms with E-state index in [-0.39, 0.29) is 0 Å². The monoisotopic (exact) mass is 598 g/mol. The Morgan fingerprint density at radius 1 is 0.500 bits per heavy atom. The molecule has 0 unspecified atom stereocenters. The Morgan fingerprint density at radius 2 is 1.23 bits per heavy atom. The van der Waals surface area contributed by atoms with E-state index in [1.165, 1.54) is 46.4 Å². The van der Waals surface area contributed by atoms with Crippen LogP contribution >= 0.6 is 22.7 Å². The molecule has 0 atom stereocenters. The van der Waals surface area contributed by atoms with E-state index in [2.05, 4.69) is 120 Å². The van der Waals surface area contributed by atoms with Gasteiger partial charge < -0.3 is 9.32 Å². The maximum absolute atomic E-state index is 6.39. The van der Waals surface area contributed by atoms with Crippen LogP contribution < -0.4 is 4.90 Å². The van der Waals surface area contributed by atoms with Crippen LogP contribution in [0.2, 0.25) is 0 Å². The van der Waals surface area contributed by atoms with Crippen molar-refractivity contribution in [3.63, 3.8) is 0 Å². The van der Waals surface area contributed by atoms with E-state index in [1.807, 2.05) is 29.7 Å². The Morgan fingerprint density at radius 3 is 2.16 bits per heavy atom. The highest BCUT2D eigenvalue weighted by Crippen LogP contribution is 2.47. The number of para-hydroxylation sites is 1. The molecule has 0 radical (unpaired) electrons. The van der Waals surface area contributed by atoms with Crippen molar-refractivity contribution in [2.75, 3.05) is 4.90 Å². The van der Waals surface area contributed by atoms with Gasteiger partial charge in [-0.2, -0.15) is 0 Å². The standard InChI is InChI=1S/C39H22N2OS2/c1-2-8-24-20-37-31(19-23(24)7-1)38-32(17-18-40-39(38)44-37)41(25-14-16-36-30(21-25)29-10-4-6-12-35(29)43-36)26-13-15-28-27-9-3-5-11-33(27)42-34(28)22-26/h1-22H. The molecule has 0 amide bonds. The van der Waals surface area contributed by atoms with E-state index in [0.717, 1.165) is 43.8 Å². The fraction of sp³-hybridized carbons (Fsp3) is 0. The van der Waals surface area contributed by atoms with Gasteiger partial charge in [0.15, 0.2) is 0 Å². The fourth-order valence-electron chi connectivity index (χ4n) is 6.69. The van der Waals surface area contributed by atoms with Gasteiger partial charge in [-0.15, -0.1) is 22.7 Å². The first-order valence-electron chi connectivity index (χ1n) is 14.6. The lowest BCUT2D eigenvalue weighted by atomic mass is 10.0. The van der Waals surface area contributed by atoms with E-state index in [1.54, 1.807) is 11.3 Å². The summed E-state index contributed by atoms with van der Waals surface area (Å²) in [6.07, 6.45) is 1.94. The van der Waals surface area contributed by atoms with Crippen LogP contribution in [0.3, 0.4) is 0 Å². The topological polar surface area (TPSA) is 29.3 Å². The van der Waals surface area contributed by atoms with E-state index in [4.69, 9.17) is 9.40 Å². The average molecular weight is 599 g/mol. The third kappa shape index (κ3) is 3.51. The van der Waals surface area contributed by atoms with E-state index < -0.39 is 0 Å². The fourth-order valence-corrected chi connectivity index (χ4v) is 8.87. The Hall–Kier alpha value is -5.23. The third-order valence-electron chi connectivity index (χ3n) is 8.70. The van der Waals surface area contributed by atoms with Crippen LogP contribution in [0.4, 0.5) is 17.1 Å². The number of aromatic nitrogens is 1. The van der Waals surface area contributed by atoms with Crippen molar-refractivity contribution in [3.05, 3.63) is 134 Å². The van der Waals surface area contributed by atoms with Crippen molar-refractivity contribution in [2.45, 2.75) is 0 Å². The summed E-state index contributed by atoms with van der Waals surface area (Å²) in [6, 6.07) is 45.8. The first-order valence-corrected chi connectivity index (χ1v) is 16.2. The Kier molecular flexibility index (Phi) is 5.03. The number of hydrogen-bond donors (Lipinski definition) is 0. The molecule has 44 heavy (non-hydrogen) atoms. The molecule has 0 fully saturated rings. The predicted octanol–water partition coefficient (Wildman–Crippen LogP) is 12.3. The van der Waals surface area contributed by atoms with E-state index in [0.29, 0.717) is 0 Å². The molecule has 0 saturated carbocycles. The highest BCUT2D eigenvalue weighted by molar-refractivity contribution is 7.26. The maximum atomic E-state index is 6.39. The quantitative estimate of drug-likeness (QED) is 0.203. The minimum atomic E-state index is 0.877. The molecule has 6 aromatic carbocycles. The van der Waals surface area contributed by atoms with Gasteiger partial charge in [0.1, 0.15) is 16.0 Å². The van der Waals surface area contributed by atoms with Gasteiger partial charge in [0.25, 0.3) is 0 Å². The molecule has 0 saturated heterocycles. The van der Waals surface area contributed by atoms with Crippen LogP contribution in [0.25, 0.3) is 73.2 Å². The smallest absolute Gasteiger partial charge is 0.137 e. The molecule has 10 rings (SSSR count). The summed E-state index contributed by atoms with van der Waals surface area (Å²) in [5.41, 5.74) is 5.03. The molecule has 0 spiro atoms. The minimum absolute atomic E-state index is 0.877. The number of fused-ring (bicyclic) bond motifs is 10. The van der Waals surface area contributed by atoms with Gasteiger partial charge in [0.05, 0.1) is 5.69 Å². The van der Waals surface area contributed by atoms with E-state index >= 15 is 0 Å². The summed E-state index contributed by atoms with van der Waals surface area (Å²) in [7, 11) is 0. The summed E-state index contributed by atoms with van der Waals surface area (Å²) in [5, 5.41) is 9.68. The largest absolute Gasteiger partial charge is 0.456 e. The molecule has 5 heteroatoms. The lowest BCUT2D eigenvalue weighted by Crippen LogP contribution is -2.10. The molecule has 0 aliphatic carbocycles. The Bertz CT molecular complexity index is 2750. The molecule has 3 nitrogen and oxygen atoms in total. The van der Waals surface area contributed by atoms with Crippen molar-refractivity contribution >= 4 is 113 Å². The van der Waals surface area contributed by atoms with E-state index in [9.17, 15) is 0 Å². The zero-order valence-electron chi connectivity index (χ0n) is 23.3. The second-order valence-corrected chi connectivity index (χ2v) is 13.3. The van der Waals surface area contributed by atoms with Crippen LogP contribution in [0.1, 0.15) is 0 Å². The van der Waals surface area contributed by atoms with Crippen molar-refractivity contribution in [1.82, 2.24) is 4.98 Å². The summed E-state index contributed by atoms with van der Waals surface area (Å²) >= 11 is 3.60. The highest BCUT2D eigenvalue weighted by atomic mass is 32.1. The molecular formula is C39H22N2OS2. The first kappa shape index (κ1) is 24.2. The van der Waals surface area contributed by atoms with Gasteiger partial charge in [-0.25, -0.2) is 4.98 Å². The number of benzene rings is 6. The molecule has 10 aromatic rings. The number of thiophene rings is 2. The van der Waals surface area contributed by atoms with Gasteiger partial charge in [0.2, 0.25) is 0 Å². The van der Waals surface area contributed by atoms with Gasteiger partial charge >= 0.3 is 0 Å². The highest BCUT2D eigenvalue weighted by Gasteiger charge is 2.21. The molecule has 0 bridgehead atoms. The van der Waals surface area contributed by atoms with Crippen LogP contribution in [0, 0.1) is 0 Å². The summed E-state index contributed by atoms with van der Waals surface area (Å²) in [6.45, 7) is 0. The molecule has 0 N–H and O–H groups in total. The third-order valence-corrected chi connectivity index (χ3v) is 10.9. The van der Waals surface area contributed by atoms with Gasteiger partial charge in [-0.3, -0.25) is 0 Å². The predicted molar refractivity (Wildman–Crippen MR) is 189 cm³/mol. The van der Waals surface area contributed by atoms with Crippen molar-refractivity contribution in [1.29, 1.82) is 0 Å². The average Bonchev–Trinajstić information content (AvgIpc) is 3.74. The van der Waals surface area contributed by atoms with Crippen LogP contribution in [0.5, 0.6) is 0 Å². The normalized spacial score (nSPS) is 12.1. The number of furan rings is 1. The summed E-state index contributed by atoms with van der Waals surface area (Å²) in [4.78, 5) is 8.29. The molecule has 0 aliphatic rings. The van der Waals surface area contributed by atoms with Crippen molar-refractivity contribution in [2.24, 2.45) is 0 Å². The second kappa shape index (κ2) is 9.13. The first-order chi connectivity index (χ1) is 21.8. The lowest BCUT2D eigenvalue weighted by molar-refractivity contribution is 0.669. The lowest BCUT2D eigenvalue weighted by Gasteiger charge is -2.26. The summed E-state index contributed by atoms with van der Waals surface area (Å²) in [5.74, 6) is 0. The maximum Gasteiger partial charge on any atom is 0.137 e. The van der Waals surface area contributed by atoms with Gasteiger partial charge in [-0.05, 0) is 71.4 Å². The number of anilines is 3. The minimum Gasteiger partial charge on any atom is -0.456 e. The SMILES string of the molecule is c1ccc2cc3c(cc2c1)sc1nccc(N(c2ccc4c(c2)oc2ccccc24)c2ccc4sc5ccccc5c4c2)c13. The zero-order valence-corrected chi connectivity index (χ0v) is 25.0. The second-order valence-electron chi connectivity index (χ2n) is 11.2. The van der Waals surface area contributed by atoms with Gasteiger partial charge in [0, 0.05) is 70.1 Å². The van der Waals surface area contributed by atoms with Crippen LogP contribution in [0.15, 0.2) is 138 Å². The number of nitrogens with zero attached hydrogens (tertiary/aromatic N) is 2. The van der Waals surface area contributed by atoms with Crippen molar-refractivity contribution in [3.8, 4) is 0 Å². The van der Waals surface area contributed by atoms with Crippen molar-refractivity contribution < 1.29 is 4.42 Å². The number of pyridine rings is 1. The van der Waals surface area contributed by atoms with Gasteiger partial charge in [-0.1, -0.05) is 60.7 Å². The number of rotatable bonds is 3. The number of hydrogen-bond acceptors (Lipinski definition) is 5. The van der Waals surface area contributed by atoms with Crippen LogP contribution in [-0.4, -0.2) is 4.98 Å². The molecule has 206 valence electrons. The molecule has 4 aromatic heterocycles. The molecular weight excluding hydrogens is 577 g/mol. The Balaban J connectivity index is 1.29. The Labute approximate surface area is 259 Å². The summed E-state index contributed by atoms with van der Waals surface area (Å²) < 4.78 is 10.2.